The van der Waals surface area contributed by atoms with Crippen LogP contribution < -0.4 is 20.9 Å². The number of rotatable bonds is 17. The van der Waals surface area contributed by atoms with Crippen molar-refractivity contribution in [2.75, 3.05) is 13.1 Å². The summed E-state index contributed by atoms with van der Waals surface area (Å²) < 4.78 is 14.5. The number of thioether (sulfide) groups is 1. The van der Waals surface area contributed by atoms with Crippen molar-refractivity contribution in [3.8, 4) is 28.9 Å². The van der Waals surface area contributed by atoms with E-state index in [1.807, 2.05) is 19.1 Å². The number of aromatic hydroxyl groups is 2. The second-order valence-corrected chi connectivity index (χ2v) is 23.1. The maximum absolute atomic E-state index is 13.7. The van der Waals surface area contributed by atoms with Gasteiger partial charge in [-0.05, 0) is 119 Å². The molecule has 0 bridgehead atoms. The fraction of sp³-hybridized carbons (Fsp3) is 0.551. The monoisotopic (exact) mass is 975 g/mol. The summed E-state index contributed by atoms with van der Waals surface area (Å²) in [7, 11) is 5.28. The number of unbranched alkanes of at least 4 members (excludes halogenated alkanes) is 2. The van der Waals surface area contributed by atoms with Crippen molar-refractivity contribution in [1.29, 1.82) is 0 Å². The van der Waals surface area contributed by atoms with Crippen LogP contribution in [0.3, 0.4) is 0 Å². The molecule has 0 radical (unpaired) electrons. The summed E-state index contributed by atoms with van der Waals surface area (Å²) in [6.07, 6.45) is 9.76. The van der Waals surface area contributed by atoms with Crippen molar-refractivity contribution in [2.45, 2.75) is 139 Å². The molecule has 8 rings (SSSR count). The summed E-state index contributed by atoms with van der Waals surface area (Å²) in [5.74, 6) is -0.0660. The van der Waals surface area contributed by atoms with Crippen molar-refractivity contribution in [2.24, 2.45) is 23.7 Å². The standard InChI is InChI=1S/C49H63N5O10P2S/c1-3-32-33-20-31(17-18-37(33)52-42-34(32)25-53-38(42)21-36-35(44(53)58)26-63-47(61)49(36,62)4-2)64-46(60)30-15-9-27(10-16-30)23-51-40(55)8-6-5-7-19-50-43(57)29-13-11-28(12-14-29)24-54-41(56)22-39(45(54)59)67-48(65)66/h17-18,20-22,27-30,48,56,59,62H,3-16,19,23-26,65-66H2,1-2H3,(H,50,57)(H,51,55)/t27?,28?,29?,30?,49-/m0/s1. The first-order valence-electron chi connectivity index (χ1n) is 23.9. The number of aryl methyl sites for hydroxylation is 1. The molecule has 2 unspecified atom stereocenters. The van der Waals surface area contributed by atoms with Crippen LogP contribution in [0.2, 0.25) is 0 Å². The Balaban J connectivity index is 0.730. The van der Waals surface area contributed by atoms with Crippen LogP contribution in [0.5, 0.6) is 17.5 Å². The molecule has 5 heterocycles. The van der Waals surface area contributed by atoms with Crippen LogP contribution in [0.4, 0.5) is 0 Å². The quantitative estimate of drug-likeness (QED) is 0.0210. The molecule has 15 nitrogen and oxygen atoms in total. The zero-order valence-electron chi connectivity index (χ0n) is 38.3. The van der Waals surface area contributed by atoms with E-state index in [-0.39, 0.29) is 88.3 Å². The molecule has 67 heavy (non-hydrogen) atoms. The summed E-state index contributed by atoms with van der Waals surface area (Å²) in [4.78, 5) is 70.9. The fourth-order valence-electron chi connectivity index (χ4n) is 10.5. The summed E-state index contributed by atoms with van der Waals surface area (Å²) in [6.45, 7) is 5.49. The third-order valence-electron chi connectivity index (χ3n) is 14.4. The van der Waals surface area contributed by atoms with Gasteiger partial charge in [-0.2, -0.15) is 0 Å². The Hall–Kier alpha value is -4.49. The highest BCUT2D eigenvalue weighted by molar-refractivity contribution is 8.07. The highest BCUT2D eigenvalue weighted by Gasteiger charge is 2.45. The Morgan fingerprint density at radius 2 is 1.67 bits per heavy atom. The van der Waals surface area contributed by atoms with E-state index in [1.54, 1.807) is 34.3 Å². The first-order valence-corrected chi connectivity index (χ1v) is 26.1. The number of amides is 2. The van der Waals surface area contributed by atoms with Crippen molar-refractivity contribution in [1.82, 2.24) is 24.8 Å². The number of aliphatic hydroxyl groups is 1. The number of aromatic nitrogens is 3. The highest BCUT2D eigenvalue weighted by atomic mass is 32.2. The Morgan fingerprint density at radius 1 is 0.940 bits per heavy atom. The molecule has 5 N–H and O–H groups in total. The van der Waals surface area contributed by atoms with Gasteiger partial charge in [-0.1, -0.05) is 20.3 Å². The predicted octanol–water partition coefficient (Wildman–Crippen LogP) is 6.99. The Bertz CT molecular complexity index is 2600. The van der Waals surface area contributed by atoms with Crippen LogP contribution in [0.25, 0.3) is 22.3 Å². The predicted molar refractivity (Wildman–Crippen MR) is 262 cm³/mol. The SMILES string of the molecule is CCc1c2c(nc3ccc(OC(=O)C4CCC(CNC(=O)CCCCCNC(=O)C5CCC(Cn6c(O)cc(SC(P)P)c6O)CC5)CC4)cc13)-c1cc3c(c(=O)n1C2)COC(=O)[C@]3(O)CC. The van der Waals surface area contributed by atoms with Gasteiger partial charge in [0.2, 0.25) is 17.7 Å². The van der Waals surface area contributed by atoms with Crippen LogP contribution in [0, 0.1) is 23.7 Å². The van der Waals surface area contributed by atoms with Gasteiger partial charge in [0.05, 0.1) is 39.8 Å². The number of pyridine rings is 2. The van der Waals surface area contributed by atoms with Gasteiger partial charge < -0.3 is 40.0 Å². The second kappa shape index (κ2) is 21.0. The van der Waals surface area contributed by atoms with E-state index in [2.05, 4.69) is 29.1 Å². The number of cyclic esters (lactones) is 1. The number of hydrogen-bond donors (Lipinski definition) is 5. The summed E-state index contributed by atoms with van der Waals surface area (Å²) in [5, 5.41) is 39.2. The third kappa shape index (κ3) is 10.4. The maximum Gasteiger partial charge on any atom is 0.343 e. The molecule has 3 atom stereocenters. The summed E-state index contributed by atoms with van der Waals surface area (Å²) >= 11 is 1.45. The number of benzene rings is 1. The van der Waals surface area contributed by atoms with Gasteiger partial charge in [-0.25, -0.2) is 9.78 Å². The number of hydrogen-bond acceptors (Lipinski definition) is 12. The largest absolute Gasteiger partial charge is 0.494 e. The normalized spacial score (nSPS) is 22.2. The smallest absolute Gasteiger partial charge is 0.343 e. The number of esters is 2. The van der Waals surface area contributed by atoms with Crippen LogP contribution in [0.15, 0.2) is 40.0 Å². The van der Waals surface area contributed by atoms with E-state index in [9.17, 15) is 39.3 Å². The van der Waals surface area contributed by atoms with E-state index in [1.165, 1.54) is 11.8 Å². The molecule has 4 aromatic rings. The minimum absolute atomic E-state index is 0.0181. The molecule has 18 heteroatoms. The molecule has 2 saturated carbocycles. The van der Waals surface area contributed by atoms with Gasteiger partial charge in [0.15, 0.2) is 11.5 Å². The van der Waals surface area contributed by atoms with Crippen molar-refractivity contribution in [3.63, 3.8) is 0 Å². The molecule has 360 valence electrons. The lowest BCUT2D eigenvalue weighted by Crippen LogP contribution is -2.44. The van der Waals surface area contributed by atoms with E-state index in [0.717, 1.165) is 74.3 Å². The second-order valence-electron chi connectivity index (χ2n) is 18.7. The van der Waals surface area contributed by atoms with E-state index >= 15 is 0 Å². The lowest BCUT2D eigenvalue weighted by Gasteiger charge is -2.31. The fourth-order valence-corrected chi connectivity index (χ4v) is 12.0. The summed E-state index contributed by atoms with van der Waals surface area (Å²) in [5.41, 5.74) is 2.07. The topological polar surface area (TPSA) is 211 Å². The van der Waals surface area contributed by atoms with Crippen molar-refractivity contribution in [3.05, 3.63) is 62.9 Å². The number of fused-ring (bicyclic) bond motifs is 5. The molecule has 4 aliphatic rings. The first-order chi connectivity index (χ1) is 32.2. The molecule has 3 aromatic heterocycles. The van der Waals surface area contributed by atoms with Crippen LogP contribution >= 0.6 is 30.2 Å². The molecule has 0 saturated heterocycles. The Labute approximate surface area is 399 Å². The molecule has 1 aromatic carbocycles. The Kier molecular flexibility index (Phi) is 15.4. The van der Waals surface area contributed by atoms with Gasteiger partial charge in [0.25, 0.3) is 5.56 Å². The zero-order valence-corrected chi connectivity index (χ0v) is 41.4. The molecule has 0 spiro atoms. The zero-order chi connectivity index (χ0) is 47.6. The van der Waals surface area contributed by atoms with Gasteiger partial charge in [0.1, 0.15) is 12.4 Å². The van der Waals surface area contributed by atoms with Gasteiger partial charge in [-0.15, -0.1) is 30.2 Å². The molecular formula is C49H63N5O10P2S. The maximum atomic E-state index is 13.7. The number of ether oxygens (including phenoxy) is 2. The van der Waals surface area contributed by atoms with Crippen molar-refractivity contribution >= 4 is 64.9 Å². The third-order valence-corrected chi connectivity index (χ3v) is 16.1. The van der Waals surface area contributed by atoms with E-state index in [4.69, 9.17) is 14.5 Å². The van der Waals surface area contributed by atoms with Crippen LogP contribution in [-0.4, -0.2) is 71.0 Å². The molecule has 2 aliphatic carbocycles. The van der Waals surface area contributed by atoms with Gasteiger partial charge >= 0.3 is 11.9 Å². The van der Waals surface area contributed by atoms with Gasteiger partial charge in [-0.3, -0.25) is 23.7 Å². The van der Waals surface area contributed by atoms with E-state index < -0.39 is 11.6 Å². The lowest BCUT2D eigenvalue weighted by atomic mass is 9.81. The molecule has 2 fully saturated rings. The Morgan fingerprint density at radius 3 is 2.39 bits per heavy atom. The van der Waals surface area contributed by atoms with Crippen molar-refractivity contribution < 1.29 is 44.0 Å². The minimum Gasteiger partial charge on any atom is -0.494 e. The average molecular weight is 976 g/mol. The number of carbonyl (C=O) groups excluding carboxylic acids is 4. The lowest BCUT2D eigenvalue weighted by molar-refractivity contribution is -0.172. The first kappa shape index (κ1) is 48.9. The minimum atomic E-state index is -1.90. The average Bonchev–Trinajstić information content (AvgIpc) is 3.81. The number of nitrogens with zero attached hydrogens (tertiary/aromatic N) is 3. The molecule has 2 aliphatic heterocycles. The van der Waals surface area contributed by atoms with Crippen LogP contribution in [0.1, 0.15) is 120 Å². The molecular weight excluding hydrogens is 913 g/mol. The summed E-state index contributed by atoms with van der Waals surface area (Å²) in [6, 6.07) is 8.71. The number of nitrogens with one attached hydrogen (secondary N) is 2. The highest BCUT2D eigenvalue weighted by Crippen LogP contribution is 2.44. The van der Waals surface area contributed by atoms with E-state index in [0.29, 0.717) is 78.8 Å². The molecule has 2 amide bonds. The van der Waals surface area contributed by atoms with Crippen LogP contribution in [-0.2, 0) is 55.6 Å². The van der Waals surface area contributed by atoms with Gasteiger partial charge in [0, 0.05) is 59.3 Å². The number of carbonyl (C=O) groups is 4.